The lowest BCUT2D eigenvalue weighted by Crippen LogP contribution is -2.30. The molecule has 2 N–H and O–H groups in total. The minimum atomic E-state index is -0.610. The summed E-state index contributed by atoms with van der Waals surface area (Å²) >= 11 is 0. The van der Waals surface area contributed by atoms with E-state index in [0.29, 0.717) is 5.75 Å². The van der Waals surface area contributed by atoms with Crippen molar-refractivity contribution in [1.29, 1.82) is 0 Å². The zero-order valence-electron chi connectivity index (χ0n) is 14.9. The number of aromatic nitrogens is 1. The normalized spacial score (nSPS) is 12.5. The van der Waals surface area contributed by atoms with Crippen molar-refractivity contribution in [3.05, 3.63) is 70.5 Å². The summed E-state index contributed by atoms with van der Waals surface area (Å²) in [5.74, 6) is 0.616. The third-order valence-corrected chi connectivity index (χ3v) is 4.43. The van der Waals surface area contributed by atoms with Crippen LogP contribution in [0.5, 0.6) is 17.2 Å². The van der Waals surface area contributed by atoms with Crippen molar-refractivity contribution >= 4 is 23.7 Å². The van der Waals surface area contributed by atoms with Gasteiger partial charge in [0.15, 0.2) is 11.6 Å². The molecule has 0 bridgehead atoms. The van der Waals surface area contributed by atoms with Gasteiger partial charge in [0.25, 0.3) is 0 Å². The molecule has 0 fully saturated rings. The topological polar surface area (TPSA) is 54.4 Å². The number of phenols is 1. The van der Waals surface area contributed by atoms with Crippen LogP contribution in [0.25, 0.3) is 12.2 Å². The fraction of sp³-hybridized carbons (Fsp3) is 0.136. The second-order valence-corrected chi connectivity index (χ2v) is 6.48. The number of nitrogens with zero attached hydrogens (tertiary/aromatic N) is 1. The summed E-state index contributed by atoms with van der Waals surface area (Å²) in [6.07, 6.45) is 6.43. The Morgan fingerprint density at radius 1 is 1.04 bits per heavy atom. The monoisotopic (exact) mass is 362 g/mol. The van der Waals surface area contributed by atoms with Gasteiger partial charge in [0, 0.05) is 11.8 Å². The summed E-state index contributed by atoms with van der Waals surface area (Å²) in [5.41, 5.74) is 1.85. The molecule has 1 aliphatic rings. The van der Waals surface area contributed by atoms with Crippen LogP contribution in [0.2, 0.25) is 0 Å². The molecule has 0 aliphatic heterocycles. The lowest BCUT2D eigenvalue weighted by Gasteiger charge is -2.12. The Bertz CT molecular complexity index is 1130. The average molecular weight is 362 g/mol. The highest BCUT2D eigenvalue weighted by atomic mass is 19.1. The molecule has 1 heterocycles. The zero-order chi connectivity index (χ0) is 18.8. The minimum absolute atomic E-state index is 0.0658. The first-order valence-corrected chi connectivity index (χ1v) is 8.80. The molecular weight excluding hydrogens is 343 g/mol. The molecule has 0 saturated carbocycles. The van der Waals surface area contributed by atoms with E-state index in [2.05, 4.69) is 28.5 Å². The van der Waals surface area contributed by atoms with Crippen molar-refractivity contribution in [2.24, 2.45) is 0 Å². The maximum Gasteiger partial charge on any atom is 0.169 e. The molecule has 0 amide bonds. The molecule has 136 valence electrons. The fourth-order valence-electron chi connectivity index (χ4n) is 3.03. The lowest BCUT2D eigenvalue weighted by atomic mass is 10.1. The fourth-order valence-corrected chi connectivity index (χ4v) is 3.03. The SMILES string of the molecule is Cc1cc(Oc2ccc(O)cc2F)ccc1Nc1ccc2c(n1)=CCCC=2. The van der Waals surface area contributed by atoms with E-state index < -0.39 is 5.82 Å². The minimum Gasteiger partial charge on any atom is -0.508 e. The van der Waals surface area contributed by atoms with Gasteiger partial charge in [-0.25, -0.2) is 9.37 Å². The molecule has 3 aromatic rings. The van der Waals surface area contributed by atoms with Gasteiger partial charge in [-0.05, 0) is 73.0 Å². The molecule has 0 unspecified atom stereocenters. The van der Waals surface area contributed by atoms with E-state index in [1.165, 1.54) is 17.4 Å². The maximum atomic E-state index is 13.8. The molecule has 2 aromatic carbocycles. The number of benzene rings is 2. The Morgan fingerprint density at radius 2 is 1.89 bits per heavy atom. The summed E-state index contributed by atoms with van der Waals surface area (Å²) in [4.78, 5) is 4.66. The third kappa shape index (κ3) is 3.77. The predicted octanol–water partition coefficient (Wildman–Crippen LogP) is 4.13. The van der Waals surface area contributed by atoms with E-state index >= 15 is 0 Å². The van der Waals surface area contributed by atoms with Gasteiger partial charge in [-0.15, -0.1) is 0 Å². The number of anilines is 2. The lowest BCUT2D eigenvalue weighted by molar-refractivity contribution is 0.429. The number of halogens is 1. The Hall–Kier alpha value is -3.34. The van der Waals surface area contributed by atoms with Gasteiger partial charge in [0.2, 0.25) is 0 Å². The van der Waals surface area contributed by atoms with Crippen LogP contribution >= 0.6 is 0 Å². The highest BCUT2D eigenvalue weighted by molar-refractivity contribution is 5.62. The van der Waals surface area contributed by atoms with E-state index in [1.807, 2.05) is 25.1 Å². The summed E-state index contributed by atoms with van der Waals surface area (Å²) in [6.45, 7) is 1.95. The van der Waals surface area contributed by atoms with E-state index in [4.69, 9.17) is 4.74 Å². The quantitative estimate of drug-likeness (QED) is 0.733. The number of aryl methyl sites for hydroxylation is 1. The number of hydrogen-bond acceptors (Lipinski definition) is 4. The van der Waals surface area contributed by atoms with Gasteiger partial charge in [-0.1, -0.05) is 12.2 Å². The van der Waals surface area contributed by atoms with Crippen molar-refractivity contribution in [3.8, 4) is 17.2 Å². The first kappa shape index (κ1) is 17.1. The number of hydrogen-bond donors (Lipinski definition) is 2. The van der Waals surface area contributed by atoms with Crippen LogP contribution in [0.3, 0.4) is 0 Å². The van der Waals surface area contributed by atoms with Gasteiger partial charge in [-0.3, -0.25) is 0 Å². The number of aromatic hydroxyl groups is 1. The van der Waals surface area contributed by atoms with Crippen LogP contribution in [0, 0.1) is 12.7 Å². The second-order valence-electron chi connectivity index (χ2n) is 6.48. The average Bonchev–Trinajstić information content (AvgIpc) is 2.66. The molecule has 0 spiro atoms. The maximum absolute atomic E-state index is 13.8. The predicted molar refractivity (Wildman–Crippen MR) is 104 cm³/mol. The standard InChI is InChI=1S/C22H19FN2O2/c1-14-12-17(27-21-10-7-16(26)13-18(21)23)8-9-19(14)24-22-11-6-15-4-2-3-5-20(15)25-22/h4-13,26H,2-3H2,1H3,(H,24,25). The van der Waals surface area contributed by atoms with Crippen LogP contribution in [-0.4, -0.2) is 10.1 Å². The zero-order valence-corrected chi connectivity index (χ0v) is 14.9. The molecule has 0 radical (unpaired) electrons. The van der Waals surface area contributed by atoms with Gasteiger partial charge >= 0.3 is 0 Å². The van der Waals surface area contributed by atoms with E-state index in [9.17, 15) is 9.50 Å². The molecule has 27 heavy (non-hydrogen) atoms. The van der Waals surface area contributed by atoms with Crippen LogP contribution < -0.4 is 20.6 Å². The summed E-state index contributed by atoms with van der Waals surface area (Å²) in [6, 6.07) is 13.3. The largest absolute Gasteiger partial charge is 0.508 e. The van der Waals surface area contributed by atoms with Gasteiger partial charge in [0.05, 0.1) is 5.35 Å². The summed E-state index contributed by atoms with van der Waals surface area (Å²) in [5, 5.41) is 14.8. The van der Waals surface area contributed by atoms with Crippen molar-refractivity contribution in [2.45, 2.75) is 19.8 Å². The molecule has 1 aliphatic carbocycles. The molecule has 4 nitrogen and oxygen atoms in total. The van der Waals surface area contributed by atoms with Crippen molar-refractivity contribution < 1.29 is 14.2 Å². The van der Waals surface area contributed by atoms with Gasteiger partial charge < -0.3 is 15.2 Å². The molecule has 5 heteroatoms. The molecular formula is C22H19FN2O2. The smallest absolute Gasteiger partial charge is 0.169 e. The summed E-state index contributed by atoms with van der Waals surface area (Å²) < 4.78 is 19.4. The number of fused-ring (bicyclic) bond motifs is 1. The number of pyridine rings is 1. The van der Waals surface area contributed by atoms with Gasteiger partial charge in [-0.2, -0.15) is 0 Å². The van der Waals surface area contributed by atoms with E-state index in [1.54, 1.807) is 6.07 Å². The summed E-state index contributed by atoms with van der Waals surface area (Å²) in [7, 11) is 0. The van der Waals surface area contributed by atoms with Gasteiger partial charge in [0.1, 0.15) is 17.3 Å². The number of ether oxygens (including phenoxy) is 1. The Morgan fingerprint density at radius 3 is 2.70 bits per heavy atom. The van der Waals surface area contributed by atoms with Crippen molar-refractivity contribution in [1.82, 2.24) is 4.98 Å². The Balaban J connectivity index is 1.55. The highest BCUT2D eigenvalue weighted by Crippen LogP contribution is 2.30. The first-order valence-electron chi connectivity index (χ1n) is 8.80. The number of phenolic OH excluding ortho intramolecular Hbond substituents is 1. The Kier molecular flexibility index (Phi) is 4.50. The van der Waals surface area contributed by atoms with Crippen molar-refractivity contribution in [3.63, 3.8) is 0 Å². The van der Waals surface area contributed by atoms with Crippen LogP contribution in [-0.2, 0) is 0 Å². The van der Waals surface area contributed by atoms with E-state index in [-0.39, 0.29) is 11.5 Å². The third-order valence-electron chi connectivity index (χ3n) is 4.43. The van der Waals surface area contributed by atoms with Crippen LogP contribution in [0.1, 0.15) is 18.4 Å². The highest BCUT2D eigenvalue weighted by Gasteiger charge is 2.08. The number of rotatable bonds is 4. The second kappa shape index (κ2) is 7.11. The first-order chi connectivity index (χ1) is 13.1. The van der Waals surface area contributed by atoms with Crippen LogP contribution in [0.4, 0.5) is 15.9 Å². The van der Waals surface area contributed by atoms with E-state index in [0.717, 1.165) is 41.3 Å². The molecule has 1 aromatic heterocycles. The molecule has 0 saturated heterocycles. The Labute approximate surface area is 156 Å². The van der Waals surface area contributed by atoms with Crippen molar-refractivity contribution in [2.75, 3.05) is 5.32 Å². The number of nitrogens with one attached hydrogen (secondary N) is 1. The molecule has 4 rings (SSSR count). The van der Waals surface area contributed by atoms with Crippen LogP contribution in [0.15, 0.2) is 48.5 Å². The molecule has 0 atom stereocenters.